The normalized spacial score (nSPS) is 11.2. The summed E-state index contributed by atoms with van der Waals surface area (Å²) in [5, 5.41) is 9.01. The van der Waals surface area contributed by atoms with Crippen molar-refractivity contribution in [3.05, 3.63) is 59.5 Å². The van der Waals surface area contributed by atoms with E-state index in [1.165, 1.54) is 11.1 Å². The number of amides is 1. The molecule has 0 aliphatic carbocycles. The zero-order valence-corrected chi connectivity index (χ0v) is 14.8. The molecular formula is C19H26N4O2. The number of aliphatic imine (C=N–C) groups is 1. The third-order valence-electron chi connectivity index (χ3n) is 3.71. The number of rotatable bonds is 8. The van der Waals surface area contributed by atoms with Crippen molar-refractivity contribution in [1.29, 1.82) is 0 Å². The zero-order valence-electron chi connectivity index (χ0n) is 14.8. The molecule has 2 rings (SSSR count). The molecule has 0 saturated carbocycles. The summed E-state index contributed by atoms with van der Waals surface area (Å²) < 4.78 is 5.19. The quantitative estimate of drug-likeness (QED) is 0.508. The summed E-state index contributed by atoms with van der Waals surface area (Å²) in [4.78, 5) is 16.5. The maximum absolute atomic E-state index is 11.9. The van der Waals surface area contributed by atoms with Gasteiger partial charge in [-0.05, 0) is 36.6 Å². The predicted molar refractivity (Wildman–Crippen MR) is 99.2 cm³/mol. The van der Waals surface area contributed by atoms with Crippen LogP contribution in [0.25, 0.3) is 0 Å². The van der Waals surface area contributed by atoms with Crippen molar-refractivity contribution in [2.24, 2.45) is 4.99 Å². The lowest BCUT2D eigenvalue weighted by Gasteiger charge is -2.12. The number of nitrogens with one attached hydrogen (secondary N) is 3. The van der Waals surface area contributed by atoms with Crippen LogP contribution in [-0.4, -0.2) is 25.0 Å². The number of nitrogens with zero attached hydrogens (tertiary/aromatic N) is 1. The highest BCUT2D eigenvalue weighted by atomic mass is 16.3. The van der Waals surface area contributed by atoms with Gasteiger partial charge in [0.25, 0.3) is 0 Å². The van der Waals surface area contributed by atoms with Gasteiger partial charge in [-0.25, -0.2) is 4.99 Å². The van der Waals surface area contributed by atoms with Gasteiger partial charge in [0, 0.05) is 6.54 Å². The van der Waals surface area contributed by atoms with Crippen LogP contribution < -0.4 is 16.0 Å². The van der Waals surface area contributed by atoms with Crippen LogP contribution in [0.4, 0.5) is 0 Å². The van der Waals surface area contributed by atoms with Gasteiger partial charge in [0.1, 0.15) is 5.76 Å². The molecule has 2 aromatic rings. The first-order chi connectivity index (χ1) is 12.2. The molecule has 0 spiro atoms. The topological polar surface area (TPSA) is 78.7 Å². The number of carbonyl (C=O) groups excluding carboxylic acids is 1. The number of furan rings is 1. The van der Waals surface area contributed by atoms with E-state index in [0.717, 1.165) is 18.7 Å². The van der Waals surface area contributed by atoms with Crippen LogP contribution in [0.5, 0.6) is 0 Å². The summed E-state index contributed by atoms with van der Waals surface area (Å²) in [6, 6.07) is 11.9. The van der Waals surface area contributed by atoms with Crippen LogP contribution in [0.3, 0.4) is 0 Å². The van der Waals surface area contributed by atoms with Crippen LogP contribution in [0.15, 0.2) is 52.1 Å². The Morgan fingerprint density at radius 3 is 2.52 bits per heavy atom. The summed E-state index contributed by atoms with van der Waals surface area (Å²) in [7, 11) is 0. The molecule has 1 heterocycles. The third-order valence-corrected chi connectivity index (χ3v) is 3.71. The van der Waals surface area contributed by atoms with Gasteiger partial charge in [-0.2, -0.15) is 0 Å². The van der Waals surface area contributed by atoms with Crippen LogP contribution >= 0.6 is 0 Å². The molecular weight excluding hydrogens is 316 g/mol. The minimum Gasteiger partial charge on any atom is -0.467 e. The smallest absolute Gasteiger partial charge is 0.239 e. The molecule has 0 bridgehead atoms. The number of hydrogen-bond donors (Lipinski definition) is 3. The number of aryl methyl sites for hydroxylation is 1. The Bertz CT molecular complexity index is 680. The summed E-state index contributed by atoms with van der Waals surface area (Å²) in [5.74, 6) is 1.24. The molecule has 0 aliphatic heterocycles. The van der Waals surface area contributed by atoms with E-state index in [4.69, 9.17) is 4.42 Å². The van der Waals surface area contributed by atoms with Crippen molar-refractivity contribution in [3.63, 3.8) is 0 Å². The zero-order chi connectivity index (χ0) is 17.9. The standard InChI is InChI=1S/C19H26N4O2/c1-3-15-8-5-6-9-16(15)12-22-19(20-4-2)23-14-18(24)21-13-17-10-7-11-25-17/h5-11H,3-4,12-14H2,1-2H3,(H,21,24)(H2,20,22,23). The van der Waals surface area contributed by atoms with Crippen LogP contribution in [0.1, 0.15) is 30.7 Å². The molecule has 0 atom stereocenters. The molecule has 0 saturated heterocycles. The highest BCUT2D eigenvalue weighted by Gasteiger charge is 2.05. The monoisotopic (exact) mass is 342 g/mol. The van der Waals surface area contributed by atoms with Crippen LogP contribution in [-0.2, 0) is 24.3 Å². The highest BCUT2D eigenvalue weighted by Crippen LogP contribution is 2.10. The Balaban J connectivity index is 1.85. The maximum atomic E-state index is 11.9. The van der Waals surface area contributed by atoms with Gasteiger partial charge in [-0.15, -0.1) is 0 Å². The third kappa shape index (κ3) is 6.33. The Morgan fingerprint density at radius 1 is 1.04 bits per heavy atom. The van der Waals surface area contributed by atoms with Crippen molar-refractivity contribution in [1.82, 2.24) is 16.0 Å². The average Bonchev–Trinajstić information content (AvgIpc) is 3.16. The lowest BCUT2D eigenvalue weighted by molar-refractivity contribution is -0.120. The molecule has 1 aromatic carbocycles. The number of guanidine groups is 1. The van der Waals surface area contributed by atoms with Crippen molar-refractivity contribution in [3.8, 4) is 0 Å². The molecule has 6 heteroatoms. The number of carbonyl (C=O) groups is 1. The second-order valence-electron chi connectivity index (χ2n) is 5.53. The van der Waals surface area contributed by atoms with Gasteiger partial charge in [0.2, 0.25) is 5.91 Å². The van der Waals surface area contributed by atoms with Crippen molar-refractivity contribution in [2.45, 2.75) is 33.4 Å². The molecule has 0 fully saturated rings. The molecule has 0 unspecified atom stereocenters. The first-order valence-corrected chi connectivity index (χ1v) is 8.61. The molecule has 1 amide bonds. The van der Waals surface area contributed by atoms with Gasteiger partial charge in [-0.1, -0.05) is 31.2 Å². The molecule has 1 aromatic heterocycles. The van der Waals surface area contributed by atoms with Gasteiger partial charge in [0.05, 0.1) is 25.9 Å². The second-order valence-corrected chi connectivity index (χ2v) is 5.53. The Morgan fingerprint density at radius 2 is 1.84 bits per heavy atom. The fraction of sp³-hybridized carbons (Fsp3) is 0.368. The summed E-state index contributed by atoms with van der Waals surface area (Å²) in [5.41, 5.74) is 2.49. The molecule has 0 radical (unpaired) electrons. The van der Waals surface area contributed by atoms with Crippen molar-refractivity contribution >= 4 is 11.9 Å². The lowest BCUT2D eigenvalue weighted by atomic mass is 10.1. The van der Waals surface area contributed by atoms with Crippen LogP contribution in [0.2, 0.25) is 0 Å². The molecule has 25 heavy (non-hydrogen) atoms. The van der Waals surface area contributed by atoms with E-state index < -0.39 is 0 Å². The van der Waals surface area contributed by atoms with Gasteiger partial charge >= 0.3 is 0 Å². The fourth-order valence-electron chi connectivity index (χ4n) is 2.39. The Labute approximate surface area is 148 Å². The summed E-state index contributed by atoms with van der Waals surface area (Å²) in [6.45, 7) is 5.97. The number of benzene rings is 1. The Hall–Kier alpha value is -2.76. The number of hydrogen-bond acceptors (Lipinski definition) is 3. The minimum absolute atomic E-state index is 0.115. The van der Waals surface area contributed by atoms with Gasteiger partial charge in [-0.3, -0.25) is 4.79 Å². The molecule has 0 aliphatic rings. The minimum atomic E-state index is -0.115. The fourth-order valence-corrected chi connectivity index (χ4v) is 2.39. The molecule has 134 valence electrons. The van der Waals surface area contributed by atoms with E-state index in [9.17, 15) is 4.79 Å². The molecule has 6 nitrogen and oxygen atoms in total. The molecule has 3 N–H and O–H groups in total. The van der Waals surface area contributed by atoms with Crippen molar-refractivity contribution in [2.75, 3.05) is 13.1 Å². The first kappa shape index (κ1) is 18.6. The SMILES string of the molecule is CCNC(=NCc1ccccc1CC)NCC(=O)NCc1ccco1. The van der Waals surface area contributed by atoms with Gasteiger partial charge in [0.15, 0.2) is 5.96 Å². The summed E-state index contributed by atoms with van der Waals surface area (Å²) in [6.07, 6.45) is 2.56. The highest BCUT2D eigenvalue weighted by molar-refractivity contribution is 5.86. The first-order valence-electron chi connectivity index (χ1n) is 8.61. The Kier molecular flexibility index (Phi) is 7.56. The van der Waals surface area contributed by atoms with E-state index in [2.05, 4.69) is 40.0 Å². The maximum Gasteiger partial charge on any atom is 0.239 e. The largest absolute Gasteiger partial charge is 0.467 e. The van der Waals surface area contributed by atoms with E-state index in [-0.39, 0.29) is 12.5 Å². The van der Waals surface area contributed by atoms with E-state index in [0.29, 0.717) is 19.0 Å². The van der Waals surface area contributed by atoms with Gasteiger partial charge < -0.3 is 20.4 Å². The van der Waals surface area contributed by atoms with Crippen LogP contribution in [0, 0.1) is 0 Å². The van der Waals surface area contributed by atoms with E-state index >= 15 is 0 Å². The average molecular weight is 342 g/mol. The van der Waals surface area contributed by atoms with E-state index in [1.807, 2.05) is 25.1 Å². The summed E-state index contributed by atoms with van der Waals surface area (Å²) >= 11 is 0. The predicted octanol–water partition coefficient (Wildman–Crippen LogP) is 2.21. The van der Waals surface area contributed by atoms with Crippen molar-refractivity contribution < 1.29 is 9.21 Å². The lowest BCUT2D eigenvalue weighted by Crippen LogP contribution is -2.43. The second kappa shape index (κ2) is 10.2. The van der Waals surface area contributed by atoms with E-state index in [1.54, 1.807) is 12.3 Å².